The summed E-state index contributed by atoms with van der Waals surface area (Å²) in [5.41, 5.74) is 14.4. The second-order valence-electron chi connectivity index (χ2n) is 16.1. The topological polar surface area (TPSA) is 11.4 Å². The van der Waals surface area contributed by atoms with Crippen molar-refractivity contribution in [3.63, 3.8) is 0 Å². The number of hydrogen-bond donors (Lipinski definition) is 0. The normalized spacial score (nSPS) is 14.2. The Labute approximate surface area is 361 Å². The Balaban J connectivity index is 1.14. The highest BCUT2D eigenvalue weighted by atomic mass is 15.2. The van der Waals surface area contributed by atoms with Gasteiger partial charge < -0.3 is 14.4 Å². The van der Waals surface area contributed by atoms with E-state index in [9.17, 15) is 0 Å². The second-order valence-corrected chi connectivity index (χ2v) is 16.1. The molecule has 11 aromatic rings. The van der Waals surface area contributed by atoms with Crippen molar-refractivity contribution in [3.05, 3.63) is 265 Å². The van der Waals surface area contributed by atoms with Gasteiger partial charge in [0.05, 0.1) is 16.7 Å². The molecule has 292 valence electrons. The van der Waals surface area contributed by atoms with Gasteiger partial charge in [0.1, 0.15) is 5.54 Å². The SMILES string of the molecule is c1ccc(N(c2ccc3c(c2)C(c2ccccc2)(N(c2ccccc2)c2ccccc2)c2ccccc2-3)c2ccc3c4ccccc4n(-c4cccc5ccccc45)c3c2)cc1. The van der Waals surface area contributed by atoms with Gasteiger partial charge in [0, 0.05) is 44.6 Å². The fourth-order valence-corrected chi connectivity index (χ4v) is 10.2. The first-order valence-electron chi connectivity index (χ1n) is 21.4. The summed E-state index contributed by atoms with van der Waals surface area (Å²) in [7, 11) is 0. The van der Waals surface area contributed by atoms with Crippen LogP contribution >= 0.6 is 0 Å². The maximum Gasteiger partial charge on any atom is 0.122 e. The summed E-state index contributed by atoms with van der Waals surface area (Å²) >= 11 is 0. The van der Waals surface area contributed by atoms with Gasteiger partial charge in [-0.05, 0) is 106 Å². The van der Waals surface area contributed by atoms with Crippen molar-refractivity contribution in [2.75, 3.05) is 9.80 Å². The molecular formula is C59H41N3. The van der Waals surface area contributed by atoms with Crippen molar-refractivity contribution >= 4 is 61.0 Å². The van der Waals surface area contributed by atoms with Crippen molar-refractivity contribution < 1.29 is 0 Å². The lowest BCUT2D eigenvalue weighted by molar-refractivity contribution is 0.644. The van der Waals surface area contributed by atoms with Crippen LogP contribution in [0.4, 0.5) is 28.4 Å². The zero-order valence-electron chi connectivity index (χ0n) is 34.0. The highest BCUT2D eigenvalue weighted by Gasteiger charge is 2.50. The number of anilines is 5. The molecular weight excluding hydrogens is 751 g/mol. The molecule has 1 unspecified atom stereocenters. The minimum atomic E-state index is -0.723. The predicted octanol–water partition coefficient (Wildman–Crippen LogP) is 15.5. The van der Waals surface area contributed by atoms with Crippen LogP contribution in [0.1, 0.15) is 16.7 Å². The first-order valence-corrected chi connectivity index (χ1v) is 21.4. The van der Waals surface area contributed by atoms with Gasteiger partial charge in [-0.1, -0.05) is 176 Å². The van der Waals surface area contributed by atoms with Gasteiger partial charge in [-0.3, -0.25) is 0 Å². The van der Waals surface area contributed by atoms with E-state index in [-0.39, 0.29) is 0 Å². The summed E-state index contributed by atoms with van der Waals surface area (Å²) in [4.78, 5) is 4.98. The summed E-state index contributed by atoms with van der Waals surface area (Å²) in [6.45, 7) is 0. The number of hydrogen-bond acceptors (Lipinski definition) is 2. The van der Waals surface area contributed by atoms with E-state index in [0.717, 1.165) is 34.0 Å². The fourth-order valence-electron chi connectivity index (χ4n) is 10.2. The Morgan fingerprint density at radius 1 is 0.323 bits per heavy atom. The largest absolute Gasteiger partial charge is 0.323 e. The summed E-state index contributed by atoms with van der Waals surface area (Å²) in [6.07, 6.45) is 0. The van der Waals surface area contributed by atoms with Crippen LogP contribution in [0, 0.1) is 0 Å². The molecule has 1 aromatic heterocycles. The van der Waals surface area contributed by atoms with E-state index < -0.39 is 5.54 Å². The molecule has 1 heterocycles. The molecule has 0 radical (unpaired) electrons. The maximum absolute atomic E-state index is 2.55. The molecule has 1 aliphatic carbocycles. The molecule has 1 aliphatic rings. The van der Waals surface area contributed by atoms with E-state index in [1.54, 1.807) is 0 Å². The summed E-state index contributed by atoms with van der Waals surface area (Å²) in [6, 6.07) is 90.8. The fraction of sp³-hybridized carbons (Fsp3) is 0.0169. The van der Waals surface area contributed by atoms with Gasteiger partial charge >= 0.3 is 0 Å². The lowest BCUT2D eigenvalue weighted by atomic mass is 9.78. The average Bonchev–Trinajstić information content (AvgIpc) is 3.83. The standard InChI is InChI=1S/C59H41N3/c1-5-22-43(23-6-1)59(62(45-26-9-3-10-27-45)46-28-11-4-12-29-46)54-33-17-15-31-50(54)51-38-36-47(40-55(51)59)60(44-24-7-2-8-25-44)48-37-39-53-52-32-16-18-34-57(52)61(58(53)41-48)56-35-19-21-42-20-13-14-30-49(42)56/h1-41H. The van der Waals surface area contributed by atoms with Gasteiger partial charge in [0.25, 0.3) is 0 Å². The third-order valence-corrected chi connectivity index (χ3v) is 12.8. The summed E-state index contributed by atoms with van der Waals surface area (Å²) < 4.78 is 2.46. The van der Waals surface area contributed by atoms with Gasteiger partial charge in [0.15, 0.2) is 0 Å². The van der Waals surface area contributed by atoms with Crippen molar-refractivity contribution in [2.24, 2.45) is 0 Å². The molecule has 0 amide bonds. The molecule has 0 saturated carbocycles. The highest BCUT2D eigenvalue weighted by Crippen LogP contribution is 2.58. The van der Waals surface area contributed by atoms with Gasteiger partial charge in [-0.2, -0.15) is 0 Å². The molecule has 0 saturated heterocycles. The minimum Gasteiger partial charge on any atom is -0.323 e. The van der Waals surface area contributed by atoms with Crippen LogP contribution in [0.2, 0.25) is 0 Å². The van der Waals surface area contributed by atoms with E-state index >= 15 is 0 Å². The van der Waals surface area contributed by atoms with Crippen LogP contribution in [0.25, 0.3) is 49.4 Å². The first-order chi connectivity index (χ1) is 30.8. The molecule has 0 N–H and O–H groups in total. The Kier molecular flexibility index (Phi) is 8.39. The average molecular weight is 792 g/mol. The molecule has 10 aromatic carbocycles. The number of nitrogens with zero attached hydrogens (tertiary/aromatic N) is 3. The molecule has 3 nitrogen and oxygen atoms in total. The molecule has 1 atom stereocenters. The molecule has 0 spiro atoms. The van der Waals surface area contributed by atoms with Gasteiger partial charge in [-0.15, -0.1) is 0 Å². The zero-order chi connectivity index (χ0) is 41.0. The Morgan fingerprint density at radius 2 is 0.855 bits per heavy atom. The second kappa shape index (κ2) is 14.5. The van der Waals surface area contributed by atoms with Crippen molar-refractivity contribution in [1.29, 1.82) is 0 Å². The monoisotopic (exact) mass is 791 g/mol. The van der Waals surface area contributed by atoms with Crippen LogP contribution in [0.5, 0.6) is 0 Å². The Hall–Kier alpha value is -8.14. The van der Waals surface area contributed by atoms with Crippen LogP contribution < -0.4 is 9.80 Å². The quantitative estimate of drug-likeness (QED) is 0.152. The lowest BCUT2D eigenvalue weighted by Gasteiger charge is -2.45. The number of fused-ring (bicyclic) bond motifs is 7. The summed E-state index contributed by atoms with van der Waals surface area (Å²) in [5.74, 6) is 0. The van der Waals surface area contributed by atoms with Gasteiger partial charge in [-0.25, -0.2) is 0 Å². The zero-order valence-corrected chi connectivity index (χ0v) is 34.0. The summed E-state index contributed by atoms with van der Waals surface area (Å²) in [5, 5.41) is 4.90. The Morgan fingerprint density at radius 3 is 1.60 bits per heavy atom. The Bertz CT molecular complexity index is 3370. The van der Waals surface area contributed by atoms with Gasteiger partial charge in [0.2, 0.25) is 0 Å². The number of para-hydroxylation sites is 4. The number of rotatable bonds is 8. The maximum atomic E-state index is 2.55. The van der Waals surface area contributed by atoms with Crippen LogP contribution in [-0.4, -0.2) is 4.57 Å². The predicted molar refractivity (Wildman–Crippen MR) is 260 cm³/mol. The van der Waals surface area contributed by atoms with Crippen LogP contribution in [0.15, 0.2) is 249 Å². The third kappa shape index (κ3) is 5.45. The lowest BCUT2D eigenvalue weighted by Crippen LogP contribution is -2.44. The van der Waals surface area contributed by atoms with E-state index in [2.05, 4.69) is 263 Å². The number of benzene rings is 10. The van der Waals surface area contributed by atoms with E-state index in [0.29, 0.717) is 0 Å². The smallest absolute Gasteiger partial charge is 0.122 e. The third-order valence-electron chi connectivity index (χ3n) is 12.8. The molecule has 3 heteroatoms. The van der Waals surface area contributed by atoms with Crippen molar-refractivity contribution in [1.82, 2.24) is 4.57 Å². The van der Waals surface area contributed by atoms with Crippen molar-refractivity contribution in [2.45, 2.75) is 5.54 Å². The van der Waals surface area contributed by atoms with Crippen LogP contribution in [-0.2, 0) is 5.54 Å². The van der Waals surface area contributed by atoms with E-state index in [1.807, 2.05) is 0 Å². The number of aromatic nitrogens is 1. The highest BCUT2D eigenvalue weighted by molar-refractivity contribution is 6.11. The van der Waals surface area contributed by atoms with E-state index in [4.69, 9.17) is 0 Å². The minimum absolute atomic E-state index is 0.723. The molecule has 0 aliphatic heterocycles. The van der Waals surface area contributed by atoms with Crippen LogP contribution in [0.3, 0.4) is 0 Å². The van der Waals surface area contributed by atoms with Crippen molar-refractivity contribution in [3.8, 4) is 16.8 Å². The van der Waals surface area contributed by atoms with E-state index in [1.165, 1.54) is 60.6 Å². The first kappa shape index (κ1) is 35.8. The molecule has 12 rings (SSSR count). The molecule has 0 bridgehead atoms. The molecule has 0 fully saturated rings. The molecule has 62 heavy (non-hydrogen) atoms.